The molecule has 7 nitrogen and oxygen atoms in total. The van der Waals surface area contributed by atoms with Gasteiger partial charge in [0.2, 0.25) is 0 Å². The number of aryl methyl sites for hydroxylation is 2. The van der Waals surface area contributed by atoms with Crippen LogP contribution >= 0.6 is 0 Å². The van der Waals surface area contributed by atoms with E-state index in [2.05, 4.69) is 66.8 Å². The summed E-state index contributed by atoms with van der Waals surface area (Å²) in [7, 11) is 1.87. The predicted octanol–water partition coefficient (Wildman–Crippen LogP) is 2.68. The summed E-state index contributed by atoms with van der Waals surface area (Å²) in [6, 6.07) is 12.6. The lowest BCUT2D eigenvalue weighted by Gasteiger charge is -2.38. The van der Waals surface area contributed by atoms with Crippen molar-refractivity contribution in [1.29, 1.82) is 0 Å². The van der Waals surface area contributed by atoms with Crippen molar-refractivity contribution in [3.63, 3.8) is 0 Å². The third-order valence-electron chi connectivity index (χ3n) is 5.95. The van der Waals surface area contributed by atoms with Crippen molar-refractivity contribution >= 4 is 17.3 Å². The molecule has 30 heavy (non-hydrogen) atoms. The minimum atomic E-state index is 0.867. The molecule has 158 valence electrons. The highest BCUT2D eigenvalue weighted by atomic mass is 15.3. The second kappa shape index (κ2) is 9.15. The minimum Gasteiger partial charge on any atom is -0.368 e. The SMILES string of the molecule is CN=C(NCCCc1nnc2ccccn12)N1CCN(c2cccc(C)c2C)CC1. The number of pyridine rings is 1. The second-order valence-corrected chi connectivity index (χ2v) is 7.82. The Labute approximate surface area is 178 Å². The number of aliphatic imine (C=N–C) groups is 1. The molecule has 0 radical (unpaired) electrons. The van der Waals surface area contributed by atoms with Gasteiger partial charge in [-0.3, -0.25) is 9.39 Å². The average molecular weight is 406 g/mol. The minimum absolute atomic E-state index is 0.867. The lowest BCUT2D eigenvalue weighted by molar-refractivity contribution is 0.372. The number of benzene rings is 1. The topological polar surface area (TPSA) is 61.1 Å². The zero-order valence-electron chi connectivity index (χ0n) is 18.2. The highest BCUT2D eigenvalue weighted by Crippen LogP contribution is 2.23. The Balaban J connectivity index is 1.26. The van der Waals surface area contributed by atoms with Gasteiger partial charge in [0, 0.05) is 58.1 Å². The molecule has 3 heterocycles. The number of guanidine groups is 1. The quantitative estimate of drug-likeness (QED) is 0.402. The maximum atomic E-state index is 4.51. The van der Waals surface area contributed by atoms with Crippen LogP contribution in [0.15, 0.2) is 47.6 Å². The summed E-state index contributed by atoms with van der Waals surface area (Å²) in [4.78, 5) is 9.35. The summed E-state index contributed by atoms with van der Waals surface area (Å²) in [5, 5.41) is 12.1. The number of hydrogen-bond acceptors (Lipinski definition) is 4. The van der Waals surface area contributed by atoms with Gasteiger partial charge in [-0.2, -0.15) is 0 Å². The molecule has 1 saturated heterocycles. The molecule has 1 aliphatic heterocycles. The molecule has 0 amide bonds. The molecule has 0 bridgehead atoms. The lowest BCUT2D eigenvalue weighted by atomic mass is 10.1. The maximum Gasteiger partial charge on any atom is 0.193 e. The van der Waals surface area contributed by atoms with Crippen LogP contribution in [0.5, 0.6) is 0 Å². The van der Waals surface area contributed by atoms with E-state index < -0.39 is 0 Å². The number of hydrogen-bond donors (Lipinski definition) is 1. The van der Waals surface area contributed by atoms with E-state index in [1.807, 2.05) is 31.4 Å². The molecule has 0 spiro atoms. The summed E-state index contributed by atoms with van der Waals surface area (Å²) in [5.41, 5.74) is 5.00. The smallest absolute Gasteiger partial charge is 0.193 e. The third-order valence-corrected chi connectivity index (χ3v) is 5.95. The number of nitrogens with one attached hydrogen (secondary N) is 1. The van der Waals surface area contributed by atoms with Crippen LogP contribution in [0.25, 0.3) is 5.65 Å². The Kier molecular flexibility index (Phi) is 6.16. The molecule has 0 atom stereocenters. The summed E-state index contributed by atoms with van der Waals surface area (Å²) in [5.74, 6) is 1.99. The Bertz CT molecular complexity index is 1020. The number of anilines is 1. The van der Waals surface area contributed by atoms with Gasteiger partial charge in [-0.15, -0.1) is 10.2 Å². The Morgan fingerprint density at radius 3 is 2.67 bits per heavy atom. The highest BCUT2D eigenvalue weighted by molar-refractivity contribution is 5.80. The lowest BCUT2D eigenvalue weighted by Crippen LogP contribution is -2.52. The molecule has 1 N–H and O–H groups in total. The van der Waals surface area contributed by atoms with Crippen LogP contribution in [0, 0.1) is 13.8 Å². The highest BCUT2D eigenvalue weighted by Gasteiger charge is 2.21. The summed E-state index contributed by atoms with van der Waals surface area (Å²) < 4.78 is 2.06. The van der Waals surface area contributed by atoms with Gasteiger partial charge in [-0.05, 0) is 49.6 Å². The average Bonchev–Trinajstić information content (AvgIpc) is 3.19. The molecule has 0 unspecified atom stereocenters. The molecule has 1 fully saturated rings. The van der Waals surface area contributed by atoms with Crippen LogP contribution in [0.3, 0.4) is 0 Å². The van der Waals surface area contributed by atoms with Gasteiger partial charge in [-0.1, -0.05) is 18.2 Å². The van der Waals surface area contributed by atoms with Crippen molar-refractivity contribution < 1.29 is 0 Å². The first-order valence-electron chi connectivity index (χ1n) is 10.7. The van der Waals surface area contributed by atoms with Gasteiger partial charge >= 0.3 is 0 Å². The first kappa shape index (κ1) is 20.2. The van der Waals surface area contributed by atoms with E-state index in [1.54, 1.807) is 0 Å². The zero-order valence-corrected chi connectivity index (χ0v) is 18.2. The van der Waals surface area contributed by atoms with Crippen molar-refractivity contribution in [2.45, 2.75) is 26.7 Å². The van der Waals surface area contributed by atoms with Gasteiger partial charge in [0.1, 0.15) is 5.82 Å². The van der Waals surface area contributed by atoms with Crippen molar-refractivity contribution in [2.24, 2.45) is 4.99 Å². The predicted molar refractivity (Wildman–Crippen MR) is 122 cm³/mol. The third kappa shape index (κ3) is 4.25. The molecule has 2 aromatic heterocycles. The van der Waals surface area contributed by atoms with Crippen molar-refractivity contribution in [3.8, 4) is 0 Å². The number of fused-ring (bicyclic) bond motifs is 1. The molecule has 3 aromatic rings. The molecular formula is C23H31N7. The summed E-state index contributed by atoms with van der Waals surface area (Å²) in [6.07, 6.45) is 3.89. The molecule has 4 rings (SSSR count). The molecule has 0 aliphatic carbocycles. The molecule has 1 aliphatic rings. The van der Waals surface area contributed by atoms with E-state index >= 15 is 0 Å². The fourth-order valence-corrected chi connectivity index (χ4v) is 4.08. The van der Waals surface area contributed by atoms with E-state index in [4.69, 9.17) is 0 Å². The van der Waals surface area contributed by atoms with Crippen LogP contribution < -0.4 is 10.2 Å². The van der Waals surface area contributed by atoms with Crippen LogP contribution in [0.4, 0.5) is 5.69 Å². The van der Waals surface area contributed by atoms with Gasteiger partial charge in [0.25, 0.3) is 0 Å². The van der Waals surface area contributed by atoms with Crippen LogP contribution in [0.1, 0.15) is 23.4 Å². The molecule has 1 aromatic carbocycles. The second-order valence-electron chi connectivity index (χ2n) is 7.82. The van der Waals surface area contributed by atoms with Gasteiger partial charge in [0.15, 0.2) is 11.6 Å². The largest absolute Gasteiger partial charge is 0.368 e. The van der Waals surface area contributed by atoms with E-state index in [1.165, 1.54) is 16.8 Å². The van der Waals surface area contributed by atoms with E-state index in [0.29, 0.717) is 0 Å². The van der Waals surface area contributed by atoms with Crippen molar-refractivity contribution in [3.05, 3.63) is 59.5 Å². The monoisotopic (exact) mass is 405 g/mol. The Hall–Kier alpha value is -3.09. The van der Waals surface area contributed by atoms with E-state index in [-0.39, 0.29) is 0 Å². The van der Waals surface area contributed by atoms with Gasteiger partial charge in [0.05, 0.1) is 0 Å². The summed E-state index contributed by atoms with van der Waals surface area (Å²) in [6.45, 7) is 9.24. The maximum absolute atomic E-state index is 4.51. The molecule has 7 heteroatoms. The van der Waals surface area contributed by atoms with Gasteiger partial charge < -0.3 is 15.1 Å². The Morgan fingerprint density at radius 2 is 1.87 bits per heavy atom. The number of aromatic nitrogens is 3. The fraction of sp³-hybridized carbons (Fsp3) is 0.435. The summed E-state index contributed by atoms with van der Waals surface area (Å²) >= 11 is 0. The standard InChI is InChI=1S/C23H31N7/c1-18-8-6-9-20(19(18)2)28-14-16-29(17-15-28)23(24-3)25-12-7-11-22-27-26-21-10-4-5-13-30(21)22/h4-6,8-10,13H,7,11-12,14-17H2,1-3H3,(H,24,25). The fourth-order valence-electron chi connectivity index (χ4n) is 4.08. The molecule has 0 saturated carbocycles. The number of rotatable bonds is 5. The molecular weight excluding hydrogens is 374 g/mol. The number of piperazine rings is 1. The van der Waals surface area contributed by atoms with Gasteiger partial charge in [-0.25, -0.2) is 0 Å². The van der Waals surface area contributed by atoms with Crippen molar-refractivity contribution in [2.75, 3.05) is 44.7 Å². The van der Waals surface area contributed by atoms with Crippen molar-refractivity contribution in [1.82, 2.24) is 24.8 Å². The first-order valence-corrected chi connectivity index (χ1v) is 10.7. The van der Waals surface area contributed by atoms with E-state index in [9.17, 15) is 0 Å². The first-order chi connectivity index (χ1) is 14.7. The van der Waals surface area contributed by atoms with Crippen LogP contribution in [-0.2, 0) is 6.42 Å². The zero-order chi connectivity index (χ0) is 20.9. The van der Waals surface area contributed by atoms with E-state index in [0.717, 1.165) is 63.0 Å². The Morgan fingerprint density at radius 1 is 1.03 bits per heavy atom. The number of nitrogens with zero attached hydrogens (tertiary/aromatic N) is 6. The normalized spacial score (nSPS) is 15.1. The van der Waals surface area contributed by atoms with Crippen LogP contribution in [-0.4, -0.2) is 65.2 Å². The van der Waals surface area contributed by atoms with Crippen LogP contribution in [0.2, 0.25) is 0 Å².